The number of carbonyl (C=O) groups excluding carboxylic acids is 2. The first-order valence-electron chi connectivity index (χ1n) is 11.2. The fourth-order valence-electron chi connectivity index (χ4n) is 3.99. The highest BCUT2D eigenvalue weighted by atomic mass is 16.3. The van der Waals surface area contributed by atoms with Gasteiger partial charge in [-0.15, -0.1) is 0 Å². The number of piperidine rings is 1. The van der Waals surface area contributed by atoms with Gasteiger partial charge in [-0.1, -0.05) is 6.92 Å². The van der Waals surface area contributed by atoms with Crippen LogP contribution in [-0.2, 0) is 16.1 Å². The number of aryl methyl sites for hydroxylation is 1. The van der Waals surface area contributed by atoms with Gasteiger partial charge in [0.05, 0.1) is 18.3 Å². The molecule has 0 atom stereocenters. The van der Waals surface area contributed by atoms with E-state index in [0.29, 0.717) is 18.0 Å². The van der Waals surface area contributed by atoms with Gasteiger partial charge in [0.25, 0.3) is 0 Å². The number of carbonyl (C=O) groups is 2. The molecular weight excluding hydrogens is 404 g/mol. The summed E-state index contributed by atoms with van der Waals surface area (Å²) < 4.78 is 5.18. The lowest BCUT2D eigenvalue weighted by atomic mass is 9.99. The number of benzene rings is 1. The maximum absolute atomic E-state index is 12.3. The van der Waals surface area contributed by atoms with E-state index in [9.17, 15) is 9.59 Å². The minimum absolute atomic E-state index is 0.117. The van der Waals surface area contributed by atoms with Crippen molar-refractivity contribution in [1.29, 1.82) is 0 Å². The van der Waals surface area contributed by atoms with Crippen LogP contribution in [0, 0.1) is 12.8 Å². The Balaban J connectivity index is 1.34. The molecule has 0 radical (unpaired) electrons. The molecule has 2 N–H and O–H groups in total. The standard InChI is InChI=1S/C25H30N4O3/c1-17-9-11-29(12-10-17)23-14-18(2)21-15-19(5-6-22(21)28-23)27-25(31)8-7-24(30)26-16-20-4-3-13-32-20/h3-6,13-15,17H,7-12,16H2,1-2H3,(H,26,30)(H,27,31). The lowest BCUT2D eigenvalue weighted by molar-refractivity contribution is -0.124. The molecule has 1 aliphatic rings. The summed E-state index contributed by atoms with van der Waals surface area (Å²) >= 11 is 0. The van der Waals surface area contributed by atoms with Gasteiger partial charge in [-0.3, -0.25) is 9.59 Å². The summed E-state index contributed by atoms with van der Waals surface area (Å²) in [6, 6.07) is 11.5. The molecule has 0 saturated carbocycles. The topological polar surface area (TPSA) is 87.5 Å². The van der Waals surface area contributed by atoms with Crippen LogP contribution in [0.4, 0.5) is 11.5 Å². The Kier molecular flexibility index (Phi) is 6.73. The number of pyridine rings is 1. The van der Waals surface area contributed by atoms with E-state index in [1.54, 1.807) is 18.4 Å². The summed E-state index contributed by atoms with van der Waals surface area (Å²) in [4.78, 5) is 31.5. The van der Waals surface area contributed by atoms with Crippen molar-refractivity contribution in [3.05, 3.63) is 54.0 Å². The van der Waals surface area contributed by atoms with E-state index in [0.717, 1.165) is 41.3 Å². The molecule has 1 saturated heterocycles. The van der Waals surface area contributed by atoms with E-state index in [4.69, 9.17) is 9.40 Å². The van der Waals surface area contributed by atoms with Gasteiger partial charge in [-0.2, -0.15) is 0 Å². The van der Waals surface area contributed by atoms with Crippen molar-refractivity contribution in [2.45, 2.75) is 46.1 Å². The molecule has 0 spiro atoms. The highest BCUT2D eigenvalue weighted by Crippen LogP contribution is 2.28. The Morgan fingerprint density at radius 2 is 1.91 bits per heavy atom. The Bertz CT molecular complexity index is 1090. The van der Waals surface area contributed by atoms with Crippen molar-refractivity contribution in [3.8, 4) is 0 Å². The van der Waals surface area contributed by atoms with Crippen LogP contribution in [0.25, 0.3) is 10.9 Å². The molecule has 0 aliphatic carbocycles. The van der Waals surface area contributed by atoms with Crippen LogP contribution in [0.5, 0.6) is 0 Å². The zero-order valence-corrected chi connectivity index (χ0v) is 18.7. The predicted molar refractivity (Wildman–Crippen MR) is 126 cm³/mol. The van der Waals surface area contributed by atoms with Gasteiger partial charge in [0.2, 0.25) is 11.8 Å². The van der Waals surface area contributed by atoms with Gasteiger partial charge < -0.3 is 20.0 Å². The fourth-order valence-corrected chi connectivity index (χ4v) is 3.99. The number of fused-ring (bicyclic) bond motifs is 1. The van der Waals surface area contributed by atoms with Crippen LogP contribution in [-0.4, -0.2) is 29.9 Å². The molecule has 3 heterocycles. The van der Waals surface area contributed by atoms with Crippen molar-refractivity contribution >= 4 is 34.2 Å². The number of aromatic nitrogens is 1. The summed E-state index contributed by atoms with van der Waals surface area (Å²) in [5.41, 5.74) is 2.77. The maximum Gasteiger partial charge on any atom is 0.224 e. The number of hydrogen-bond donors (Lipinski definition) is 2. The summed E-state index contributed by atoms with van der Waals surface area (Å²) in [6.45, 7) is 6.79. The first-order chi connectivity index (χ1) is 15.5. The average molecular weight is 435 g/mol. The molecule has 0 unspecified atom stereocenters. The number of amides is 2. The molecule has 7 nitrogen and oxygen atoms in total. The minimum Gasteiger partial charge on any atom is -0.467 e. The average Bonchev–Trinajstić information content (AvgIpc) is 3.31. The van der Waals surface area contributed by atoms with Crippen molar-refractivity contribution in [2.75, 3.05) is 23.3 Å². The van der Waals surface area contributed by atoms with Crippen molar-refractivity contribution in [3.63, 3.8) is 0 Å². The summed E-state index contributed by atoms with van der Waals surface area (Å²) in [7, 11) is 0. The van der Waals surface area contributed by atoms with Crippen LogP contribution in [0.3, 0.4) is 0 Å². The van der Waals surface area contributed by atoms with E-state index in [-0.39, 0.29) is 24.7 Å². The van der Waals surface area contributed by atoms with E-state index in [1.807, 2.05) is 18.2 Å². The van der Waals surface area contributed by atoms with Crippen LogP contribution in [0.2, 0.25) is 0 Å². The third kappa shape index (κ3) is 5.46. The molecule has 168 valence electrons. The second-order valence-corrected chi connectivity index (χ2v) is 8.60. The predicted octanol–water partition coefficient (Wildman–Crippen LogP) is 4.41. The molecule has 1 aromatic carbocycles. The first kappa shape index (κ1) is 21.9. The molecule has 1 aliphatic heterocycles. The number of furan rings is 1. The van der Waals surface area contributed by atoms with Gasteiger partial charge in [-0.25, -0.2) is 4.98 Å². The maximum atomic E-state index is 12.3. The highest BCUT2D eigenvalue weighted by molar-refractivity contribution is 5.96. The summed E-state index contributed by atoms with van der Waals surface area (Å²) in [6.07, 6.45) is 4.20. The largest absolute Gasteiger partial charge is 0.467 e. The van der Waals surface area contributed by atoms with Gasteiger partial charge in [0.1, 0.15) is 11.6 Å². The van der Waals surface area contributed by atoms with E-state index in [1.165, 1.54) is 12.8 Å². The zero-order valence-electron chi connectivity index (χ0n) is 18.7. The summed E-state index contributed by atoms with van der Waals surface area (Å²) in [5.74, 6) is 2.11. The van der Waals surface area contributed by atoms with Crippen LogP contribution >= 0.6 is 0 Å². The lowest BCUT2D eigenvalue weighted by Crippen LogP contribution is -2.33. The Labute approximate surface area is 188 Å². The Morgan fingerprint density at radius 3 is 2.66 bits per heavy atom. The Hall–Kier alpha value is -3.35. The summed E-state index contributed by atoms with van der Waals surface area (Å²) in [5, 5.41) is 6.66. The molecule has 7 heteroatoms. The fraction of sp³-hybridized carbons (Fsp3) is 0.400. The van der Waals surface area contributed by atoms with Crippen LogP contribution in [0.15, 0.2) is 47.1 Å². The first-order valence-corrected chi connectivity index (χ1v) is 11.2. The van der Waals surface area contributed by atoms with E-state index < -0.39 is 0 Å². The highest BCUT2D eigenvalue weighted by Gasteiger charge is 2.18. The SMILES string of the molecule is Cc1cc(N2CCC(C)CC2)nc2ccc(NC(=O)CCC(=O)NCc3ccco3)cc12. The van der Waals surface area contributed by atoms with Crippen LogP contribution in [0.1, 0.15) is 43.9 Å². The number of nitrogens with one attached hydrogen (secondary N) is 2. The van der Waals surface area contributed by atoms with E-state index >= 15 is 0 Å². The quantitative estimate of drug-likeness (QED) is 0.575. The zero-order chi connectivity index (χ0) is 22.5. The number of rotatable bonds is 7. The number of nitrogens with zero attached hydrogens (tertiary/aromatic N) is 2. The molecule has 1 fully saturated rings. The Morgan fingerprint density at radius 1 is 1.12 bits per heavy atom. The minimum atomic E-state index is -0.192. The second-order valence-electron chi connectivity index (χ2n) is 8.60. The van der Waals surface area contributed by atoms with Gasteiger partial charge >= 0.3 is 0 Å². The van der Waals surface area contributed by atoms with Crippen molar-refractivity contribution < 1.29 is 14.0 Å². The third-order valence-electron chi connectivity index (χ3n) is 6.01. The smallest absolute Gasteiger partial charge is 0.224 e. The van der Waals surface area contributed by atoms with Gasteiger partial charge in [0, 0.05) is 37.0 Å². The molecular formula is C25H30N4O3. The third-order valence-corrected chi connectivity index (χ3v) is 6.01. The molecule has 2 aromatic heterocycles. The normalized spacial score (nSPS) is 14.5. The molecule has 4 rings (SSSR count). The van der Waals surface area contributed by atoms with Gasteiger partial charge in [-0.05, 0) is 67.6 Å². The lowest BCUT2D eigenvalue weighted by Gasteiger charge is -2.31. The molecule has 3 aromatic rings. The van der Waals surface area contributed by atoms with Crippen LogP contribution < -0.4 is 15.5 Å². The molecule has 32 heavy (non-hydrogen) atoms. The molecule has 0 bridgehead atoms. The van der Waals surface area contributed by atoms with Crippen molar-refractivity contribution in [1.82, 2.24) is 10.3 Å². The number of hydrogen-bond acceptors (Lipinski definition) is 5. The van der Waals surface area contributed by atoms with Gasteiger partial charge in [0.15, 0.2) is 0 Å². The van der Waals surface area contributed by atoms with Crippen molar-refractivity contribution in [2.24, 2.45) is 5.92 Å². The molecule has 2 amide bonds. The second kappa shape index (κ2) is 9.85. The monoisotopic (exact) mass is 434 g/mol. The van der Waals surface area contributed by atoms with E-state index in [2.05, 4.69) is 35.4 Å². The number of anilines is 2.